The first-order valence-electron chi connectivity index (χ1n) is 8.89. The standard InChI is InChI=1S/C25H18P/c1-2-11-20(12-3-1)26(21-13-5-6-14-21)25-18-19-10-4-7-15-22(19)23-16-8-9-17-24(23)25/h1-18H/t26-/m0/s1. The average molecular weight is 349 g/mol. The Kier molecular flexibility index (Phi) is 4.23. The Hall–Kier alpha value is -2.17. The first-order chi connectivity index (χ1) is 12.9. The van der Waals surface area contributed by atoms with Crippen LogP contribution in [0.2, 0.25) is 0 Å². The Labute approximate surface area is 156 Å². The summed E-state index contributed by atoms with van der Waals surface area (Å²) in [6.45, 7) is 0. The Bertz CT molecular complexity index is 1050. The van der Waals surface area contributed by atoms with E-state index < -0.39 is 7.92 Å². The second-order valence-corrected chi connectivity index (χ2v) is 8.66. The average Bonchev–Trinajstić information content (AvgIpc) is 3.23. The van der Waals surface area contributed by atoms with Crippen molar-refractivity contribution in [1.29, 1.82) is 0 Å². The van der Waals surface area contributed by atoms with Crippen LogP contribution in [0.3, 0.4) is 0 Å². The van der Waals surface area contributed by atoms with Gasteiger partial charge < -0.3 is 0 Å². The predicted octanol–water partition coefficient (Wildman–Crippen LogP) is 5.79. The number of benzene rings is 4. The Morgan fingerprint density at radius 1 is 0.538 bits per heavy atom. The minimum absolute atomic E-state index is 0.582. The molecule has 0 N–H and O–H groups in total. The molecule has 1 fully saturated rings. The lowest BCUT2D eigenvalue weighted by molar-refractivity contribution is 1.52. The summed E-state index contributed by atoms with van der Waals surface area (Å²) in [5, 5.41) is 8.19. The van der Waals surface area contributed by atoms with Crippen molar-refractivity contribution < 1.29 is 0 Å². The highest BCUT2D eigenvalue weighted by molar-refractivity contribution is 7.76. The van der Waals surface area contributed by atoms with Gasteiger partial charge in [0.15, 0.2) is 0 Å². The molecule has 1 heteroatoms. The van der Waals surface area contributed by atoms with Gasteiger partial charge in [-0.1, -0.05) is 78.9 Å². The highest BCUT2D eigenvalue weighted by atomic mass is 31.1. The van der Waals surface area contributed by atoms with Gasteiger partial charge in [-0.15, -0.1) is 0 Å². The molecule has 4 aromatic rings. The quantitative estimate of drug-likeness (QED) is 0.324. The molecule has 0 aromatic heterocycles. The third-order valence-corrected chi connectivity index (χ3v) is 7.39. The van der Waals surface area contributed by atoms with Crippen LogP contribution in [0.5, 0.6) is 0 Å². The van der Waals surface area contributed by atoms with E-state index in [2.05, 4.69) is 111 Å². The molecule has 5 rings (SSSR count). The van der Waals surface area contributed by atoms with Gasteiger partial charge in [0.1, 0.15) is 0 Å². The van der Waals surface area contributed by atoms with Crippen molar-refractivity contribution in [1.82, 2.24) is 0 Å². The minimum atomic E-state index is -0.582. The van der Waals surface area contributed by atoms with E-state index >= 15 is 0 Å². The van der Waals surface area contributed by atoms with E-state index in [0.29, 0.717) is 0 Å². The number of hydrogen-bond donors (Lipinski definition) is 0. The molecular formula is C25H18P. The molecule has 26 heavy (non-hydrogen) atoms. The van der Waals surface area contributed by atoms with E-state index in [1.165, 1.54) is 37.8 Å². The summed E-state index contributed by atoms with van der Waals surface area (Å²) in [6, 6.07) is 30.9. The van der Waals surface area contributed by atoms with Crippen LogP contribution in [0.25, 0.3) is 21.5 Å². The SMILES string of the molecule is [CH]1[CH][CH][C]([P@](c2ccccc2)c2cc3ccccc3c3ccccc23)[CH]1. The summed E-state index contributed by atoms with van der Waals surface area (Å²) in [5.41, 5.74) is 1.41. The maximum Gasteiger partial charge on any atom is 0.0161 e. The van der Waals surface area contributed by atoms with E-state index in [9.17, 15) is 0 Å². The topological polar surface area (TPSA) is 0 Å². The monoisotopic (exact) mass is 349 g/mol. The second-order valence-electron chi connectivity index (χ2n) is 6.48. The van der Waals surface area contributed by atoms with Gasteiger partial charge in [0.05, 0.1) is 0 Å². The maximum atomic E-state index is 2.41. The fourth-order valence-electron chi connectivity index (χ4n) is 3.74. The molecule has 0 saturated heterocycles. The minimum Gasteiger partial charge on any atom is -0.0622 e. The fourth-order valence-corrected chi connectivity index (χ4v) is 6.24. The summed E-state index contributed by atoms with van der Waals surface area (Å²) in [6.07, 6.45) is 8.83. The van der Waals surface area contributed by atoms with Crippen LogP contribution in [-0.2, 0) is 0 Å². The smallest absolute Gasteiger partial charge is 0.0161 e. The fraction of sp³-hybridized carbons (Fsp3) is 0. The summed E-state index contributed by atoms with van der Waals surface area (Å²) in [5.74, 6) is 0. The first-order valence-corrected chi connectivity index (χ1v) is 10.2. The molecule has 0 amide bonds. The van der Waals surface area contributed by atoms with Crippen LogP contribution in [0.1, 0.15) is 0 Å². The largest absolute Gasteiger partial charge is 0.0622 e. The number of rotatable bonds is 3. The molecule has 4 aromatic carbocycles. The van der Waals surface area contributed by atoms with Gasteiger partial charge in [0.25, 0.3) is 0 Å². The van der Waals surface area contributed by atoms with Crippen LogP contribution >= 0.6 is 7.92 Å². The predicted molar refractivity (Wildman–Crippen MR) is 115 cm³/mol. The molecule has 0 unspecified atom stereocenters. The molecule has 5 radical (unpaired) electrons. The van der Waals surface area contributed by atoms with E-state index in [4.69, 9.17) is 0 Å². The van der Waals surface area contributed by atoms with E-state index in [-0.39, 0.29) is 0 Å². The van der Waals surface area contributed by atoms with Crippen molar-refractivity contribution >= 4 is 40.1 Å². The van der Waals surface area contributed by atoms with Gasteiger partial charge in [-0.3, -0.25) is 0 Å². The van der Waals surface area contributed by atoms with Gasteiger partial charge in [0.2, 0.25) is 0 Å². The zero-order valence-electron chi connectivity index (χ0n) is 14.3. The molecule has 1 aliphatic carbocycles. The van der Waals surface area contributed by atoms with Crippen LogP contribution in [0.15, 0.2) is 84.9 Å². The molecule has 1 atom stereocenters. The van der Waals surface area contributed by atoms with Crippen molar-refractivity contribution in [2.24, 2.45) is 0 Å². The molecule has 0 bridgehead atoms. The van der Waals surface area contributed by atoms with Crippen molar-refractivity contribution in [3.63, 3.8) is 0 Å². The number of fused-ring (bicyclic) bond motifs is 3. The molecule has 1 saturated carbocycles. The van der Waals surface area contributed by atoms with Crippen molar-refractivity contribution in [3.05, 3.63) is 116 Å². The van der Waals surface area contributed by atoms with Crippen molar-refractivity contribution in [2.45, 2.75) is 0 Å². The Balaban J connectivity index is 1.81. The lowest BCUT2D eigenvalue weighted by Crippen LogP contribution is -2.17. The van der Waals surface area contributed by atoms with Gasteiger partial charge in [-0.05, 0) is 71.8 Å². The summed E-state index contributed by atoms with van der Waals surface area (Å²) < 4.78 is 0. The Morgan fingerprint density at radius 2 is 1.15 bits per heavy atom. The summed E-state index contributed by atoms with van der Waals surface area (Å²) >= 11 is 0. The van der Waals surface area contributed by atoms with Gasteiger partial charge in [0, 0.05) is 5.66 Å². The third-order valence-electron chi connectivity index (χ3n) is 4.90. The highest BCUT2D eigenvalue weighted by Gasteiger charge is 2.30. The zero-order valence-corrected chi connectivity index (χ0v) is 15.2. The lowest BCUT2D eigenvalue weighted by Gasteiger charge is -2.26. The Morgan fingerprint density at radius 3 is 1.92 bits per heavy atom. The highest BCUT2D eigenvalue weighted by Crippen LogP contribution is 2.53. The summed E-state index contributed by atoms with van der Waals surface area (Å²) in [4.78, 5) is 0. The van der Waals surface area contributed by atoms with Crippen molar-refractivity contribution in [2.75, 3.05) is 0 Å². The number of hydrogen-bond acceptors (Lipinski definition) is 0. The molecule has 0 heterocycles. The van der Waals surface area contributed by atoms with E-state index in [1.54, 1.807) is 0 Å². The molecule has 0 spiro atoms. The normalized spacial score (nSPS) is 16.3. The zero-order chi connectivity index (χ0) is 17.3. The lowest BCUT2D eigenvalue weighted by atomic mass is 10.0. The molecular weight excluding hydrogens is 331 g/mol. The second kappa shape index (κ2) is 6.86. The molecule has 1 aliphatic rings. The van der Waals surface area contributed by atoms with Gasteiger partial charge >= 0.3 is 0 Å². The first kappa shape index (κ1) is 16.0. The van der Waals surface area contributed by atoms with Crippen LogP contribution in [0, 0.1) is 31.3 Å². The van der Waals surface area contributed by atoms with Crippen LogP contribution in [0.4, 0.5) is 0 Å². The molecule has 0 aliphatic heterocycles. The molecule has 0 nitrogen and oxygen atoms in total. The van der Waals surface area contributed by atoms with E-state index in [0.717, 1.165) is 0 Å². The molecule has 123 valence electrons. The summed E-state index contributed by atoms with van der Waals surface area (Å²) in [7, 11) is -0.582. The van der Waals surface area contributed by atoms with Crippen molar-refractivity contribution in [3.8, 4) is 0 Å². The van der Waals surface area contributed by atoms with E-state index in [1.807, 2.05) is 0 Å². The third kappa shape index (κ3) is 2.74. The van der Waals surface area contributed by atoms with Crippen LogP contribution in [-0.4, -0.2) is 0 Å². The maximum absolute atomic E-state index is 2.41. The van der Waals surface area contributed by atoms with Gasteiger partial charge in [-0.25, -0.2) is 0 Å². The van der Waals surface area contributed by atoms with Gasteiger partial charge in [-0.2, -0.15) is 0 Å². The van der Waals surface area contributed by atoms with Crippen LogP contribution < -0.4 is 10.6 Å².